The molecule has 0 bridgehead atoms. The van der Waals surface area contributed by atoms with Gasteiger partial charge in [0.1, 0.15) is 11.6 Å². The molecule has 0 atom stereocenters. The van der Waals surface area contributed by atoms with Crippen LogP contribution in [0.5, 0.6) is 5.88 Å². The highest BCUT2D eigenvalue weighted by molar-refractivity contribution is 6.30. The lowest BCUT2D eigenvalue weighted by Gasteiger charge is -2.18. The Kier molecular flexibility index (Phi) is 4.83. The Balaban J connectivity index is 2.07. The maximum absolute atomic E-state index is 9.91. The number of halogens is 1. The quantitative estimate of drug-likeness (QED) is 0.579. The number of aromatic nitrogens is 1. The molecule has 0 unspecified atom stereocenters. The van der Waals surface area contributed by atoms with Crippen LogP contribution in [-0.4, -0.2) is 11.6 Å². The summed E-state index contributed by atoms with van der Waals surface area (Å²) in [5.74, 6) is 0.403. The summed E-state index contributed by atoms with van der Waals surface area (Å²) in [6, 6.07) is 18.4. The van der Waals surface area contributed by atoms with Crippen LogP contribution in [0.1, 0.15) is 30.0 Å². The van der Waals surface area contributed by atoms with Gasteiger partial charge in [0, 0.05) is 16.1 Å². The average Bonchev–Trinajstić information content (AvgIpc) is 2.87. The molecule has 0 amide bonds. The molecular weight excluding hydrogens is 356 g/mol. The van der Waals surface area contributed by atoms with Crippen molar-refractivity contribution in [2.45, 2.75) is 26.2 Å². The van der Waals surface area contributed by atoms with E-state index in [0.717, 1.165) is 47.2 Å². The van der Waals surface area contributed by atoms with E-state index in [1.54, 1.807) is 0 Å². The Labute approximate surface area is 164 Å². The highest BCUT2D eigenvalue weighted by atomic mass is 35.5. The second kappa shape index (κ2) is 7.42. The molecule has 1 heterocycles. The van der Waals surface area contributed by atoms with Gasteiger partial charge in [0.15, 0.2) is 0 Å². The summed E-state index contributed by atoms with van der Waals surface area (Å²) in [7, 11) is 0. The van der Waals surface area contributed by atoms with Crippen LogP contribution in [0.3, 0.4) is 0 Å². The Morgan fingerprint density at radius 3 is 2.63 bits per heavy atom. The molecule has 2 aromatic carbocycles. The van der Waals surface area contributed by atoms with E-state index in [1.807, 2.05) is 37.3 Å². The maximum Gasteiger partial charge on any atom is 0.232 e. The Hall–Kier alpha value is -2.83. The van der Waals surface area contributed by atoms with E-state index in [0.29, 0.717) is 23.1 Å². The third-order valence-corrected chi connectivity index (χ3v) is 5.19. The highest BCUT2D eigenvalue weighted by Crippen LogP contribution is 2.41. The predicted molar refractivity (Wildman–Crippen MR) is 108 cm³/mol. The van der Waals surface area contributed by atoms with Crippen LogP contribution in [0.2, 0.25) is 5.02 Å². The predicted octanol–water partition coefficient (Wildman–Crippen LogP) is 5.83. The summed E-state index contributed by atoms with van der Waals surface area (Å²) in [6.45, 7) is 2.37. The van der Waals surface area contributed by atoms with Gasteiger partial charge >= 0.3 is 0 Å². The van der Waals surface area contributed by atoms with Gasteiger partial charge in [-0.3, -0.25) is 0 Å². The number of fused-ring (bicyclic) bond motifs is 3. The first-order valence-electron chi connectivity index (χ1n) is 9.17. The van der Waals surface area contributed by atoms with Crippen molar-refractivity contribution in [3.8, 4) is 34.3 Å². The molecular formula is C23H19ClN2O. The third kappa shape index (κ3) is 3.18. The Morgan fingerprint density at radius 2 is 1.89 bits per heavy atom. The van der Waals surface area contributed by atoms with E-state index >= 15 is 0 Å². The van der Waals surface area contributed by atoms with Gasteiger partial charge < -0.3 is 4.74 Å². The number of rotatable bonds is 3. The van der Waals surface area contributed by atoms with E-state index in [9.17, 15) is 5.26 Å². The molecule has 1 aliphatic carbocycles. The zero-order valence-corrected chi connectivity index (χ0v) is 15.9. The van der Waals surface area contributed by atoms with Crippen molar-refractivity contribution >= 4 is 11.6 Å². The van der Waals surface area contributed by atoms with Crippen LogP contribution in [0.15, 0.2) is 48.5 Å². The first-order valence-corrected chi connectivity index (χ1v) is 9.54. The number of pyridine rings is 1. The molecule has 0 aliphatic heterocycles. The minimum atomic E-state index is 0.403. The fraction of sp³-hybridized carbons (Fsp3) is 0.217. The number of nitriles is 1. The number of aryl methyl sites for hydroxylation is 1. The number of hydrogen-bond donors (Lipinski definition) is 0. The van der Waals surface area contributed by atoms with E-state index < -0.39 is 0 Å². The monoisotopic (exact) mass is 374 g/mol. The molecule has 0 saturated carbocycles. The fourth-order valence-corrected chi connectivity index (χ4v) is 3.90. The minimum absolute atomic E-state index is 0.403. The van der Waals surface area contributed by atoms with E-state index in [-0.39, 0.29) is 0 Å². The van der Waals surface area contributed by atoms with Crippen LogP contribution in [0.25, 0.3) is 22.4 Å². The van der Waals surface area contributed by atoms with Crippen molar-refractivity contribution in [1.29, 1.82) is 5.26 Å². The van der Waals surface area contributed by atoms with Gasteiger partial charge in [-0.15, -0.1) is 0 Å². The molecule has 27 heavy (non-hydrogen) atoms. The zero-order chi connectivity index (χ0) is 18.8. The summed E-state index contributed by atoms with van der Waals surface area (Å²) >= 11 is 6.09. The second-order valence-corrected chi connectivity index (χ2v) is 6.99. The van der Waals surface area contributed by atoms with Crippen molar-refractivity contribution in [2.24, 2.45) is 0 Å². The van der Waals surface area contributed by atoms with E-state index in [1.165, 1.54) is 5.56 Å². The molecule has 0 radical (unpaired) electrons. The molecule has 0 spiro atoms. The topological polar surface area (TPSA) is 45.9 Å². The number of nitrogens with zero attached hydrogens (tertiary/aromatic N) is 2. The summed E-state index contributed by atoms with van der Waals surface area (Å²) in [6.07, 6.45) is 2.89. The van der Waals surface area contributed by atoms with Crippen LogP contribution in [-0.2, 0) is 12.8 Å². The van der Waals surface area contributed by atoms with Crippen molar-refractivity contribution in [1.82, 2.24) is 4.98 Å². The average molecular weight is 375 g/mol. The third-order valence-electron chi connectivity index (χ3n) is 4.94. The molecule has 134 valence electrons. The zero-order valence-electron chi connectivity index (χ0n) is 15.1. The number of ether oxygens (including phenoxy) is 1. The lowest BCUT2D eigenvalue weighted by atomic mass is 9.91. The number of hydrogen-bond acceptors (Lipinski definition) is 3. The lowest BCUT2D eigenvalue weighted by molar-refractivity contribution is 0.326. The van der Waals surface area contributed by atoms with Gasteiger partial charge in [0.25, 0.3) is 0 Å². The van der Waals surface area contributed by atoms with Gasteiger partial charge in [0.2, 0.25) is 5.88 Å². The maximum atomic E-state index is 9.91. The summed E-state index contributed by atoms with van der Waals surface area (Å²) < 4.78 is 5.78. The normalized spacial score (nSPS) is 12.5. The van der Waals surface area contributed by atoms with Gasteiger partial charge in [-0.1, -0.05) is 48.0 Å². The summed E-state index contributed by atoms with van der Waals surface area (Å²) in [5.41, 5.74) is 6.84. The molecule has 0 fully saturated rings. The first kappa shape index (κ1) is 17.6. The van der Waals surface area contributed by atoms with Crippen molar-refractivity contribution < 1.29 is 4.74 Å². The minimum Gasteiger partial charge on any atom is -0.477 e. The van der Waals surface area contributed by atoms with Gasteiger partial charge in [-0.2, -0.15) is 5.26 Å². The van der Waals surface area contributed by atoms with Crippen LogP contribution in [0, 0.1) is 11.3 Å². The van der Waals surface area contributed by atoms with Crippen molar-refractivity contribution in [3.63, 3.8) is 0 Å². The van der Waals surface area contributed by atoms with Gasteiger partial charge in [-0.25, -0.2) is 4.98 Å². The number of benzene rings is 2. The van der Waals surface area contributed by atoms with Crippen molar-refractivity contribution in [2.75, 3.05) is 6.61 Å². The highest BCUT2D eigenvalue weighted by Gasteiger charge is 2.25. The van der Waals surface area contributed by atoms with Crippen LogP contribution >= 0.6 is 11.6 Å². The largest absolute Gasteiger partial charge is 0.477 e. The molecule has 4 rings (SSSR count). The molecule has 3 nitrogen and oxygen atoms in total. The first-order chi connectivity index (χ1) is 13.2. The molecule has 0 saturated heterocycles. The molecule has 0 N–H and O–H groups in total. The standard InChI is InChI=1S/C23H19ClN2O/c1-2-27-23-20(14-25)21(16-10-12-17(24)13-11-16)19-9-5-7-15-6-3-4-8-18(15)22(19)26-23/h3-4,6,8,10-13H,2,5,7,9H2,1H3. The fourth-order valence-electron chi connectivity index (χ4n) is 3.77. The molecule has 1 aromatic heterocycles. The SMILES string of the molecule is CCOc1nc2c(c(-c3ccc(Cl)cc3)c1C#N)CCCc1ccccc1-2. The molecule has 3 aromatic rings. The van der Waals surface area contributed by atoms with Crippen LogP contribution < -0.4 is 4.74 Å². The molecule has 4 heteroatoms. The van der Waals surface area contributed by atoms with E-state index in [2.05, 4.69) is 24.3 Å². The van der Waals surface area contributed by atoms with Gasteiger partial charge in [0.05, 0.1) is 12.3 Å². The van der Waals surface area contributed by atoms with Crippen LogP contribution in [0.4, 0.5) is 0 Å². The summed E-state index contributed by atoms with van der Waals surface area (Å²) in [5, 5.41) is 10.6. The van der Waals surface area contributed by atoms with Gasteiger partial charge in [-0.05, 0) is 55.0 Å². The smallest absolute Gasteiger partial charge is 0.232 e. The Bertz CT molecular complexity index is 1040. The summed E-state index contributed by atoms with van der Waals surface area (Å²) in [4.78, 5) is 4.81. The van der Waals surface area contributed by atoms with E-state index in [4.69, 9.17) is 21.3 Å². The lowest BCUT2D eigenvalue weighted by Crippen LogP contribution is -2.05. The second-order valence-electron chi connectivity index (χ2n) is 6.56. The van der Waals surface area contributed by atoms with Crippen molar-refractivity contribution in [3.05, 3.63) is 70.2 Å². The molecule has 1 aliphatic rings. The Morgan fingerprint density at radius 1 is 1.11 bits per heavy atom.